The number of unbranched alkanes of at least 4 members (excludes halogenated alkanes) is 1. The standard InChI is InChI=1S/C5H9NS2/c6-4-2-1-3-5(7)8/h5,7-8H,1-3H2. The van der Waals surface area contributed by atoms with E-state index < -0.39 is 0 Å². The second-order valence-corrected chi connectivity index (χ2v) is 3.19. The summed E-state index contributed by atoms with van der Waals surface area (Å²) < 4.78 is 0.142. The van der Waals surface area contributed by atoms with Crippen molar-refractivity contribution < 1.29 is 0 Å². The molecule has 0 aliphatic heterocycles. The second kappa shape index (κ2) is 5.33. The number of nitriles is 1. The van der Waals surface area contributed by atoms with Gasteiger partial charge in [0.2, 0.25) is 0 Å². The Morgan fingerprint density at radius 1 is 1.50 bits per heavy atom. The summed E-state index contributed by atoms with van der Waals surface area (Å²) in [5.41, 5.74) is 0. The monoisotopic (exact) mass is 147 g/mol. The summed E-state index contributed by atoms with van der Waals surface area (Å²) >= 11 is 8.05. The zero-order valence-corrected chi connectivity index (χ0v) is 6.33. The van der Waals surface area contributed by atoms with Gasteiger partial charge in [0.15, 0.2) is 0 Å². The van der Waals surface area contributed by atoms with Crippen LogP contribution in [0.4, 0.5) is 0 Å². The summed E-state index contributed by atoms with van der Waals surface area (Å²) in [4.78, 5) is 0. The molecule has 8 heavy (non-hydrogen) atoms. The molecule has 0 atom stereocenters. The number of nitrogens with zero attached hydrogens (tertiary/aromatic N) is 1. The maximum atomic E-state index is 8.08. The lowest BCUT2D eigenvalue weighted by atomic mass is 10.3. The SMILES string of the molecule is N#CCCCC(S)S. The van der Waals surface area contributed by atoms with E-state index in [-0.39, 0.29) is 4.58 Å². The average molecular weight is 147 g/mol. The molecule has 0 fully saturated rings. The van der Waals surface area contributed by atoms with E-state index in [0.717, 1.165) is 12.8 Å². The molecular formula is C5H9NS2. The van der Waals surface area contributed by atoms with Crippen molar-refractivity contribution in [2.45, 2.75) is 23.8 Å². The highest BCUT2D eigenvalue weighted by Gasteiger charge is 1.92. The van der Waals surface area contributed by atoms with Gasteiger partial charge in [-0.1, -0.05) is 0 Å². The molecule has 0 aliphatic carbocycles. The Morgan fingerprint density at radius 3 is 2.50 bits per heavy atom. The predicted octanol–water partition coefficient (Wildman–Crippen LogP) is 1.87. The van der Waals surface area contributed by atoms with Crippen LogP contribution >= 0.6 is 25.3 Å². The van der Waals surface area contributed by atoms with Gasteiger partial charge in [-0.15, -0.1) is 0 Å². The van der Waals surface area contributed by atoms with Crippen molar-refractivity contribution in [3.05, 3.63) is 0 Å². The first kappa shape index (κ1) is 8.19. The zero-order chi connectivity index (χ0) is 6.41. The summed E-state index contributed by atoms with van der Waals surface area (Å²) in [5.74, 6) is 0. The Labute approximate surface area is 60.9 Å². The molecule has 0 heterocycles. The lowest BCUT2D eigenvalue weighted by Gasteiger charge is -1.96. The Morgan fingerprint density at radius 2 is 2.12 bits per heavy atom. The summed E-state index contributed by atoms with van der Waals surface area (Å²) in [7, 11) is 0. The number of rotatable bonds is 3. The third-order valence-corrected chi connectivity index (χ3v) is 1.27. The Balaban J connectivity index is 2.85. The van der Waals surface area contributed by atoms with E-state index in [1.807, 2.05) is 0 Å². The second-order valence-electron chi connectivity index (χ2n) is 1.53. The molecule has 1 nitrogen and oxygen atoms in total. The molecule has 0 saturated carbocycles. The van der Waals surface area contributed by atoms with E-state index in [9.17, 15) is 0 Å². The van der Waals surface area contributed by atoms with Gasteiger partial charge >= 0.3 is 0 Å². The van der Waals surface area contributed by atoms with Crippen LogP contribution in [-0.4, -0.2) is 4.58 Å². The van der Waals surface area contributed by atoms with Crippen LogP contribution in [0.2, 0.25) is 0 Å². The molecule has 3 heteroatoms. The van der Waals surface area contributed by atoms with Crippen molar-refractivity contribution in [1.29, 1.82) is 5.26 Å². The van der Waals surface area contributed by atoms with Crippen molar-refractivity contribution in [3.63, 3.8) is 0 Å². The molecule has 46 valence electrons. The van der Waals surface area contributed by atoms with Gasteiger partial charge in [-0.2, -0.15) is 30.5 Å². The Bertz CT molecular complexity index is 84.9. The van der Waals surface area contributed by atoms with Gasteiger partial charge in [-0.05, 0) is 12.8 Å². The molecule has 0 aromatic heterocycles. The topological polar surface area (TPSA) is 23.8 Å². The van der Waals surface area contributed by atoms with E-state index in [1.54, 1.807) is 0 Å². The van der Waals surface area contributed by atoms with E-state index in [1.165, 1.54) is 0 Å². The van der Waals surface area contributed by atoms with Crippen LogP contribution in [0.3, 0.4) is 0 Å². The highest BCUT2D eigenvalue weighted by Crippen LogP contribution is 2.08. The first-order valence-corrected chi connectivity index (χ1v) is 3.53. The highest BCUT2D eigenvalue weighted by atomic mass is 32.2. The van der Waals surface area contributed by atoms with E-state index >= 15 is 0 Å². The fourth-order valence-electron chi connectivity index (χ4n) is 0.364. The lowest BCUT2D eigenvalue weighted by molar-refractivity contribution is 0.814. The third-order valence-electron chi connectivity index (χ3n) is 0.751. The summed E-state index contributed by atoms with van der Waals surface area (Å²) in [6.45, 7) is 0. The van der Waals surface area contributed by atoms with E-state index in [4.69, 9.17) is 5.26 Å². The number of thiol groups is 2. The minimum absolute atomic E-state index is 0.142. The number of hydrogen-bond acceptors (Lipinski definition) is 3. The van der Waals surface area contributed by atoms with Crippen molar-refractivity contribution >= 4 is 25.3 Å². The minimum atomic E-state index is 0.142. The van der Waals surface area contributed by atoms with Gasteiger partial charge in [0.25, 0.3) is 0 Å². The molecule has 0 rings (SSSR count). The Hall–Kier alpha value is 0.190. The van der Waals surface area contributed by atoms with Crippen molar-refractivity contribution in [2.24, 2.45) is 0 Å². The van der Waals surface area contributed by atoms with Gasteiger partial charge < -0.3 is 0 Å². The van der Waals surface area contributed by atoms with E-state index in [0.29, 0.717) is 6.42 Å². The zero-order valence-electron chi connectivity index (χ0n) is 4.54. The average Bonchev–Trinajstić information content (AvgIpc) is 1.66. The number of hydrogen-bond donors (Lipinski definition) is 2. The fraction of sp³-hybridized carbons (Fsp3) is 0.800. The minimum Gasteiger partial charge on any atom is -0.198 e. The molecule has 0 aromatic carbocycles. The molecule has 0 aromatic rings. The van der Waals surface area contributed by atoms with Crippen LogP contribution in [0.15, 0.2) is 0 Å². The molecule has 0 N–H and O–H groups in total. The van der Waals surface area contributed by atoms with Crippen LogP contribution in [0.1, 0.15) is 19.3 Å². The van der Waals surface area contributed by atoms with Crippen LogP contribution in [0.25, 0.3) is 0 Å². The smallest absolute Gasteiger partial charge is 0.0621 e. The maximum absolute atomic E-state index is 8.08. The van der Waals surface area contributed by atoms with Crippen LogP contribution in [0.5, 0.6) is 0 Å². The lowest BCUT2D eigenvalue weighted by Crippen LogP contribution is -1.84. The molecule has 0 saturated heterocycles. The van der Waals surface area contributed by atoms with Gasteiger partial charge in [0.05, 0.1) is 6.07 Å². The van der Waals surface area contributed by atoms with Crippen LogP contribution < -0.4 is 0 Å². The highest BCUT2D eigenvalue weighted by molar-refractivity contribution is 7.99. The molecule has 0 amide bonds. The summed E-state index contributed by atoms with van der Waals surface area (Å²) in [6, 6.07) is 2.06. The van der Waals surface area contributed by atoms with Crippen LogP contribution in [0, 0.1) is 11.3 Å². The van der Waals surface area contributed by atoms with Gasteiger partial charge in [0, 0.05) is 11.0 Å². The fourth-order valence-corrected chi connectivity index (χ4v) is 0.729. The van der Waals surface area contributed by atoms with Crippen molar-refractivity contribution in [1.82, 2.24) is 0 Å². The quantitative estimate of drug-likeness (QED) is 0.355. The summed E-state index contributed by atoms with van der Waals surface area (Å²) in [6.07, 6.45) is 2.45. The predicted molar refractivity (Wildman–Crippen MR) is 41.2 cm³/mol. The van der Waals surface area contributed by atoms with Gasteiger partial charge in [0.1, 0.15) is 0 Å². The maximum Gasteiger partial charge on any atom is 0.0621 e. The summed E-state index contributed by atoms with van der Waals surface area (Å²) in [5, 5.41) is 8.08. The molecule has 0 aliphatic rings. The molecule has 0 bridgehead atoms. The Kier molecular flexibility index (Phi) is 5.46. The van der Waals surface area contributed by atoms with Gasteiger partial charge in [-0.25, -0.2) is 0 Å². The molecule has 0 radical (unpaired) electrons. The van der Waals surface area contributed by atoms with E-state index in [2.05, 4.69) is 31.3 Å². The molecule has 0 spiro atoms. The molecular weight excluding hydrogens is 138 g/mol. The van der Waals surface area contributed by atoms with Crippen molar-refractivity contribution in [2.75, 3.05) is 0 Å². The van der Waals surface area contributed by atoms with Gasteiger partial charge in [-0.3, -0.25) is 0 Å². The largest absolute Gasteiger partial charge is 0.198 e. The first-order valence-electron chi connectivity index (χ1n) is 2.50. The normalized spacial score (nSPS) is 9.25. The molecule has 0 unspecified atom stereocenters. The third kappa shape index (κ3) is 6.19. The first-order chi connectivity index (χ1) is 3.77. The van der Waals surface area contributed by atoms with Crippen molar-refractivity contribution in [3.8, 4) is 6.07 Å². The van der Waals surface area contributed by atoms with Crippen LogP contribution in [-0.2, 0) is 0 Å².